The Kier molecular flexibility index (Phi) is 8.15. The first-order chi connectivity index (χ1) is 19.6. The number of aryl methyl sites for hydroxylation is 1. The van der Waals surface area contributed by atoms with E-state index < -0.39 is 26.6 Å². The second kappa shape index (κ2) is 11.8. The van der Waals surface area contributed by atoms with Gasteiger partial charge in [0.25, 0.3) is 10.0 Å². The van der Waals surface area contributed by atoms with Gasteiger partial charge in [0.1, 0.15) is 40.1 Å². The Labute approximate surface area is 235 Å². The van der Waals surface area contributed by atoms with Gasteiger partial charge in [-0.05, 0) is 42.8 Å². The molecule has 216 valence electrons. The minimum absolute atomic E-state index is 0.0464. The van der Waals surface area contributed by atoms with Crippen molar-refractivity contribution in [2.45, 2.75) is 11.8 Å². The Morgan fingerprint density at radius 3 is 2.61 bits per heavy atom. The number of fused-ring (bicyclic) bond motifs is 1. The molecule has 11 nitrogen and oxygen atoms in total. The molecule has 3 heterocycles. The molecule has 14 heteroatoms. The lowest BCUT2D eigenvalue weighted by Gasteiger charge is -2.26. The zero-order valence-corrected chi connectivity index (χ0v) is 23.2. The lowest BCUT2D eigenvalue weighted by molar-refractivity contribution is 0.0323. The predicted octanol–water partition coefficient (Wildman–Crippen LogP) is 3.38. The molecule has 2 aromatic heterocycles. The van der Waals surface area contributed by atoms with E-state index >= 15 is 0 Å². The molecule has 41 heavy (non-hydrogen) atoms. The van der Waals surface area contributed by atoms with Gasteiger partial charge in [0.2, 0.25) is 11.8 Å². The van der Waals surface area contributed by atoms with E-state index in [9.17, 15) is 17.2 Å². The number of nitrogen functional groups attached to an aromatic ring is 1. The van der Waals surface area contributed by atoms with Crippen molar-refractivity contribution >= 4 is 32.6 Å². The second-order valence-corrected chi connectivity index (χ2v) is 11.0. The number of nitrogens with two attached hydrogens (primary N) is 1. The molecular formula is C27H28F2N6O5S. The van der Waals surface area contributed by atoms with Gasteiger partial charge in [0.15, 0.2) is 0 Å². The number of sulfonamides is 1. The van der Waals surface area contributed by atoms with Crippen molar-refractivity contribution in [2.75, 3.05) is 57.0 Å². The van der Waals surface area contributed by atoms with Crippen LogP contribution >= 0.6 is 0 Å². The summed E-state index contributed by atoms with van der Waals surface area (Å²) in [5.41, 5.74) is 8.17. The van der Waals surface area contributed by atoms with Crippen molar-refractivity contribution < 1.29 is 31.4 Å². The number of hydrogen-bond donors (Lipinski definition) is 2. The largest absolute Gasteiger partial charge is 0.490 e. The Bertz CT molecular complexity index is 1700. The minimum Gasteiger partial charge on any atom is -0.490 e. The highest BCUT2D eigenvalue weighted by Gasteiger charge is 2.23. The maximum Gasteiger partial charge on any atom is 0.264 e. The molecule has 0 unspecified atom stereocenters. The van der Waals surface area contributed by atoms with E-state index in [1.165, 1.54) is 19.4 Å². The molecule has 0 spiro atoms. The van der Waals surface area contributed by atoms with Crippen LogP contribution in [0.4, 0.5) is 20.4 Å². The van der Waals surface area contributed by atoms with Gasteiger partial charge in [-0.2, -0.15) is 0 Å². The number of anilines is 2. The molecule has 4 aromatic rings. The summed E-state index contributed by atoms with van der Waals surface area (Å²) in [7, 11) is -3.13. The summed E-state index contributed by atoms with van der Waals surface area (Å²) in [6.07, 6.45) is 1.50. The summed E-state index contributed by atoms with van der Waals surface area (Å²) in [6, 6.07) is 7.27. The molecule has 1 fully saturated rings. The summed E-state index contributed by atoms with van der Waals surface area (Å²) in [5.74, 6) is -1.60. The van der Waals surface area contributed by atoms with Crippen molar-refractivity contribution in [2.24, 2.45) is 0 Å². The first-order valence-electron chi connectivity index (χ1n) is 12.7. The number of halogens is 2. The number of pyridine rings is 1. The third-order valence-corrected chi connectivity index (χ3v) is 7.95. The van der Waals surface area contributed by atoms with E-state index in [0.717, 1.165) is 25.2 Å². The minimum atomic E-state index is -4.45. The summed E-state index contributed by atoms with van der Waals surface area (Å²) in [6.45, 7) is 5.84. The van der Waals surface area contributed by atoms with Crippen LogP contribution in [0.2, 0.25) is 0 Å². The maximum atomic E-state index is 14.3. The zero-order valence-electron chi connectivity index (χ0n) is 22.4. The first-order valence-corrected chi connectivity index (χ1v) is 14.2. The fourth-order valence-electron chi connectivity index (χ4n) is 4.50. The Morgan fingerprint density at radius 1 is 1.10 bits per heavy atom. The fraction of sp³-hybridized carbons (Fsp3) is 0.296. The van der Waals surface area contributed by atoms with Crippen LogP contribution in [0.3, 0.4) is 0 Å². The quantitative estimate of drug-likeness (QED) is 0.300. The van der Waals surface area contributed by atoms with Crippen LogP contribution in [0.1, 0.15) is 5.69 Å². The Hall–Kier alpha value is -4.14. The summed E-state index contributed by atoms with van der Waals surface area (Å²) < 4.78 is 72.8. The van der Waals surface area contributed by atoms with E-state index in [-0.39, 0.29) is 17.5 Å². The van der Waals surface area contributed by atoms with Crippen LogP contribution in [-0.4, -0.2) is 74.8 Å². The van der Waals surface area contributed by atoms with Gasteiger partial charge in [0, 0.05) is 42.8 Å². The number of hydrogen-bond acceptors (Lipinski definition) is 10. The average Bonchev–Trinajstić information content (AvgIpc) is 2.93. The molecule has 1 aliphatic rings. The maximum absolute atomic E-state index is 14.3. The van der Waals surface area contributed by atoms with E-state index in [1.807, 2.05) is 6.07 Å². The molecular weight excluding hydrogens is 558 g/mol. The number of morpholine rings is 1. The second-order valence-electron chi connectivity index (χ2n) is 9.30. The highest BCUT2D eigenvalue weighted by molar-refractivity contribution is 7.92. The molecule has 0 saturated carbocycles. The van der Waals surface area contributed by atoms with E-state index in [1.54, 1.807) is 13.0 Å². The third-order valence-electron chi connectivity index (χ3n) is 6.55. The number of methoxy groups -OCH3 is 1. The normalized spacial score (nSPS) is 14.2. The molecule has 0 bridgehead atoms. The highest BCUT2D eigenvalue weighted by atomic mass is 32.2. The van der Waals surface area contributed by atoms with Crippen molar-refractivity contribution in [3.8, 4) is 22.8 Å². The highest BCUT2D eigenvalue weighted by Crippen LogP contribution is 2.36. The fourth-order valence-corrected chi connectivity index (χ4v) is 5.60. The van der Waals surface area contributed by atoms with Crippen molar-refractivity contribution in [3.05, 3.63) is 59.9 Å². The van der Waals surface area contributed by atoms with E-state index in [0.29, 0.717) is 65.9 Å². The number of aromatic nitrogens is 3. The zero-order chi connectivity index (χ0) is 29.1. The molecule has 2 aromatic carbocycles. The van der Waals surface area contributed by atoms with Gasteiger partial charge < -0.3 is 19.9 Å². The molecule has 1 saturated heterocycles. The number of ether oxygens (including phenoxy) is 3. The monoisotopic (exact) mass is 586 g/mol. The van der Waals surface area contributed by atoms with Crippen molar-refractivity contribution in [1.29, 1.82) is 0 Å². The first kappa shape index (κ1) is 28.4. The Morgan fingerprint density at radius 2 is 1.88 bits per heavy atom. The smallest absolute Gasteiger partial charge is 0.264 e. The number of nitrogens with zero attached hydrogens (tertiary/aromatic N) is 4. The van der Waals surface area contributed by atoms with Gasteiger partial charge in [-0.1, -0.05) is 0 Å². The van der Waals surface area contributed by atoms with Gasteiger partial charge in [-0.15, -0.1) is 0 Å². The molecule has 0 atom stereocenters. The average molecular weight is 587 g/mol. The van der Waals surface area contributed by atoms with Gasteiger partial charge in [-0.3, -0.25) is 9.62 Å². The number of rotatable bonds is 9. The standard InChI is InChI=1S/C27H28F2N6O5S/c1-16-20-11-17(13-23(25(20)33-27(30)32-16)40-10-7-35-5-8-39-9-6-35)18-12-22(26(38-2)31-15-18)34-41(36,37)24-4-3-19(28)14-21(24)29/h3-4,11-15,34H,5-10H2,1-2H3,(H2,30,32,33). The van der Waals surface area contributed by atoms with E-state index in [4.69, 9.17) is 19.9 Å². The molecule has 3 N–H and O–H groups in total. The summed E-state index contributed by atoms with van der Waals surface area (Å²) >= 11 is 0. The van der Waals surface area contributed by atoms with Crippen LogP contribution < -0.4 is 19.9 Å². The van der Waals surface area contributed by atoms with Crippen LogP contribution in [0.25, 0.3) is 22.0 Å². The van der Waals surface area contributed by atoms with Crippen LogP contribution in [0.5, 0.6) is 11.6 Å². The van der Waals surface area contributed by atoms with Crippen LogP contribution in [0.15, 0.2) is 47.5 Å². The molecule has 0 amide bonds. The topological polar surface area (TPSA) is 142 Å². The summed E-state index contributed by atoms with van der Waals surface area (Å²) in [5, 5.41) is 0.685. The SMILES string of the molecule is COc1ncc(-c2cc(OCCN3CCOCC3)c3nc(N)nc(C)c3c2)cc1NS(=O)(=O)c1ccc(F)cc1F. The third kappa shape index (κ3) is 6.29. The lowest BCUT2D eigenvalue weighted by Crippen LogP contribution is -2.38. The Balaban J connectivity index is 1.51. The molecule has 1 aliphatic heterocycles. The molecule has 0 radical (unpaired) electrons. The van der Waals surface area contributed by atoms with Gasteiger partial charge in [0.05, 0.1) is 26.0 Å². The predicted molar refractivity (Wildman–Crippen MR) is 148 cm³/mol. The lowest BCUT2D eigenvalue weighted by atomic mass is 10.0. The molecule has 5 rings (SSSR count). The van der Waals surface area contributed by atoms with Gasteiger partial charge in [-0.25, -0.2) is 32.2 Å². The van der Waals surface area contributed by atoms with Crippen LogP contribution in [-0.2, 0) is 14.8 Å². The summed E-state index contributed by atoms with van der Waals surface area (Å²) in [4.78, 5) is 14.4. The van der Waals surface area contributed by atoms with E-state index in [2.05, 4.69) is 24.6 Å². The van der Waals surface area contributed by atoms with Crippen molar-refractivity contribution in [1.82, 2.24) is 19.9 Å². The number of benzene rings is 2. The van der Waals surface area contributed by atoms with Crippen LogP contribution in [0, 0.1) is 18.6 Å². The number of nitrogens with one attached hydrogen (secondary N) is 1. The van der Waals surface area contributed by atoms with Gasteiger partial charge >= 0.3 is 0 Å². The molecule has 0 aliphatic carbocycles. The van der Waals surface area contributed by atoms with Crippen molar-refractivity contribution in [3.63, 3.8) is 0 Å².